The molecule has 3 rings (SSSR count). The van der Waals surface area contributed by atoms with Crippen LogP contribution in [0.1, 0.15) is 10.4 Å². The highest BCUT2D eigenvalue weighted by Crippen LogP contribution is 2.19. The molecule has 0 aliphatic carbocycles. The Morgan fingerprint density at radius 1 is 1.08 bits per heavy atom. The summed E-state index contributed by atoms with van der Waals surface area (Å²) in [5.41, 5.74) is 2.36. The number of nitrogens with zero attached hydrogens (tertiary/aromatic N) is 1. The molecular formula is C19H15FN2O2. The standard InChI is InChI=1S/C19H15FN2O2/c1-24-17-8-6-16(7-9-17)22-19(23)14-5-10-18(21-12-14)13-3-2-4-15(20)11-13/h2-12H,1H3,(H,22,23). The Morgan fingerprint density at radius 2 is 1.88 bits per heavy atom. The smallest absolute Gasteiger partial charge is 0.257 e. The van der Waals surface area contributed by atoms with E-state index in [9.17, 15) is 9.18 Å². The average Bonchev–Trinajstić information content (AvgIpc) is 2.62. The Labute approximate surface area is 138 Å². The van der Waals surface area contributed by atoms with E-state index in [1.807, 2.05) is 0 Å². The molecule has 0 spiro atoms. The molecule has 0 radical (unpaired) electrons. The topological polar surface area (TPSA) is 51.2 Å². The van der Waals surface area contributed by atoms with Crippen molar-refractivity contribution in [2.24, 2.45) is 0 Å². The maximum Gasteiger partial charge on any atom is 0.257 e. The molecular weight excluding hydrogens is 307 g/mol. The largest absolute Gasteiger partial charge is 0.497 e. The van der Waals surface area contributed by atoms with Crippen molar-refractivity contribution in [3.8, 4) is 17.0 Å². The summed E-state index contributed by atoms with van der Waals surface area (Å²) < 4.78 is 18.3. The van der Waals surface area contributed by atoms with E-state index in [2.05, 4.69) is 10.3 Å². The number of pyridine rings is 1. The zero-order chi connectivity index (χ0) is 16.9. The van der Waals surface area contributed by atoms with Crippen molar-refractivity contribution in [2.45, 2.75) is 0 Å². The van der Waals surface area contributed by atoms with Gasteiger partial charge in [0, 0.05) is 17.4 Å². The van der Waals surface area contributed by atoms with E-state index < -0.39 is 0 Å². The van der Waals surface area contributed by atoms with Gasteiger partial charge in [-0.1, -0.05) is 12.1 Å². The summed E-state index contributed by atoms with van der Waals surface area (Å²) >= 11 is 0. The second-order valence-electron chi connectivity index (χ2n) is 5.13. The molecule has 1 aromatic heterocycles. The van der Waals surface area contributed by atoms with Crippen LogP contribution in [0, 0.1) is 5.82 Å². The molecule has 2 aromatic carbocycles. The van der Waals surface area contributed by atoms with Crippen LogP contribution in [-0.2, 0) is 0 Å². The molecule has 4 nitrogen and oxygen atoms in total. The van der Waals surface area contributed by atoms with E-state index in [0.29, 0.717) is 28.3 Å². The second-order valence-corrected chi connectivity index (χ2v) is 5.13. The number of aromatic nitrogens is 1. The van der Waals surface area contributed by atoms with Crippen molar-refractivity contribution in [2.75, 3.05) is 12.4 Å². The fourth-order valence-corrected chi connectivity index (χ4v) is 2.22. The molecule has 0 saturated heterocycles. The lowest BCUT2D eigenvalue weighted by Crippen LogP contribution is -2.12. The van der Waals surface area contributed by atoms with Crippen LogP contribution in [0.4, 0.5) is 10.1 Å². The summed E-state index contributed by atoms with van der Waals surface area (Å²) in [5, 5.41) is 2.78. The number of methoxy groups -OCH3 is 1. The number of halogens is 1. The summed E-state index contributed by atoms with van der Waals surface area (Å²) in [4.78, 5) is 16.5. The minimum absolute atomic E-state index is 0.265. The maximum atomic E-state index is 13.3. The zero-order valence-electron chi connectivity index (χ0n) is 13.0. The number of rotatable bonds is 4. The Balaban J connectivity index is 1.73. The third-order valence-corrected chi connectivity index (χ3v) is 3.49. The molecule has 3 aromatic rings. The number of benzene rings is 2. The van der Waals surface area contributed by atoms with Crippen LogP contribution >= 0.6 is 0 Å². The van der Waals surface area contributed by atoms with Crippen molar-refractivity contribution in [1.82, 2.24) is 4.98 Å². The Morgan fingerprint density at radius 3 is 2.50 bits per heavy atom. The number of hydrogen-bond acceptors (Lipinski definition) is 3. The van der Waals surface area contributed by atoms with Gasteiger partial charge in [-0.15, -0.1) is 0 Å². The van der Waals surface area contributed by atoms with E-state index in [1.165, 1.54) is 18.3 Å². The van der Waals surface area contributed by atoms with Crippen molar-refractivity contribution >= 4 is 11.6 Å². The Kier molecular flexibility index (Phi) is 4.52. The van der Waals surface area contributed by atoms with Crippen molar-refractivity contribution in [1.29, 1.82) is 0 Å². The van der Waals surface area contributed by atoms with E-state index >= 15 is 0 Å². The Bertz CT molecular complexity index is 846. The number of carbonyl (C=O) groups is 1. The van der Waals surface area contributed by atoms with Crippen LogP contribution in [0.2, 0.25) is 0 Å². The molecule has 1 N–H and O–H groups in total. The highest BCUT2D eigenvalue weighted by molar-refractivity contribution is 6.04. The molecule has 120 valence electrons. The fourth-order valence-electron chi connectivity index (χ4n) is 2.22. The molecule has 0 bridgehead atoms. The van der Waals surface area contributed by atoms with E-state index in [-0.39, 0.29) is 11.7 Å². The van der Waals surface area contributed by atoms with Gasteiger partial charge in [-0.3, -0.25) is 9.78 Å². The minimum Gasteiger partial charge on any atom is -0.497 e. The third kappa shape index (κ3) is 3.57. The highest BCUT2D eigenvalue weighted by Gasteiger charge is 2.08. The molecule has 0 unspecified atom stereocenters. The van der Waals surface area contributed by atoms with Gasteiger partial charge < -0.3 is 10.1 Å². The van der Waals surface area contributed by atoms with Gasteiger partial charge in [0.05, 0.1) is 18.4 Å². The molecule has 0 aliphatic rings. The van der Waals surface area contributed by atoms with Gasteiger partial charge in [-0.05, 0) is 48.5 Å². The molecule has 0 atom stereocenters. The number of hydrogen-bond donors (Lipinski definition) is 1. The van der Waals surface area contributed by atoms with Crippen LogP contribution < -0.4 is 10.1 Å². The lowest BCUT2D eigenvalue weighted by molar-refractivity contribution is 0.102. The first-order chi connectivity index (χ1) is 11.7. The van der Waals surface area contributed by atoms with Gasteiger partial charge in [-0.25, -0.2) is 4.39 Å². The molecule has 5 heteroatoms. The molecule has 24 heavy (non-hydrogen) atoms. The van der Waals surface area contributed by atoms with Crippen LogP contribution in [-0.4, -0.2) is 18.0 Å². The SMILES string of the molecule is COc1ccc(NC(=O)c2ccc(-c3cccc(F)c3)nc2)cc1. The van der Waals surface area contributed by atoms with Gasteiger partial charge in [0.2, 0.25) is 0 Å². The summed E-state index contributed by atoms with van der Waals surface area (Å²) in [7, 11) is 1.58. The van der Waals surface area contributed by atoms with Crippen LogP contribution in [0.15, 0.2) is 66.9 Å². The maximum absolute atomic E-state index is 13.3. The van der Waals surface area contributed by atoms with Gasteiger partial charge in [0.1, 0.15) is 11.6 Å². The first kappa shape index (κ1) is 15.7. The van der Waals surface area contributed by atoms with Gasteiger partial charge in [0.25, 0.3) is 5.91 Å². The summed E-state index contributed by atoms with van der Waals surface area (Å²) in [6, 6.07) is 16.6. The number of anilines is 1. The number of ether oxygens (including phenoxy) is 1. The molecule has 0 saturated carbocycles. The van der Waals surface area contributed by atoms with Crippen LogP contribution in [0.25, 0.3) is 11.3 Å². The van der Waals surface area contributed by atoms with Gasteiger partial charge in [-0.2, -0.15) is 0 Å². The zero-order valence-corrected chi connectivity index (χ0v) is 13.0. The van der Waals surface area contributed by atoms with Crippen LogP contribution in [0.5, 0.6) is 5.75 Å². The molecule has 1 heterocycles. The van der Waals surface area contributed by atoms with Gasteiger partial charge >= 0.3 is 0 Å². The Hall–Kier alpha value is -3.21. The average molecular weight is 322 g/mol. The molecule has 0 fully saturated rings. The lowest BCUT2D eigenvalue weighted by atomic mass is 10.1. The fraction of sp³-hybridized carbons (Fsp3) is 0.0526. The molecule has 1 amide bonds. The number of nitrogens with one attached hydrogen (secondary N) is 1. The minimum atomic E-state index is -0.323. The van der Waals surface area contributed by atoms with Gasteiger partial charge in [0.15, 0.2) is 0 Å². The lowest BCUT2D eigenvalue weighted by Gasteiger charge is -2.07. The third-order valence-electron chi connectivity index (χ3n) is 3.49. The summed E-state index contributed by atoms with van der Waals surface area (Å²) in [6.45, 7) is 0. The van der Waals surface area contributed by atoms with E-state index in [1.54, 1.807) is 55.6 Å². The number of carbonyl (C=O) groups excluding carboxylic acids is 1. The second kappa shape index (κ2) is 6.91. The quantitative estimate of drug-likeness (QED) is 0.785. The van der Waals surface area contributed by atoms with E-state index in [4.69, 9.17) is 4.74 Å². The van der Waals surface area contributed by atoms with E-state index in [0.717, 1.165) is 0 Å². The van der Waals surface area contributed by atoms with Crippen LogP contribution in [0.3, 0.4) is 0 Å². The first-order valence-corrected chi connectivity index (χ1v) is 7.33. The summed E-state index contributed by atoms with van der Waals surface area (Å²) in [5.74, 6) is 0.128. The predicted molar refractivity (Wildman–Crippen MR) is 90.6 cm³/mol. The van der Waals surface area contributed by atoms with Crippen molar-refractivity contribution < 1.29 is 13.9 Å². The first-order valence-electron chi connectivity index (χ1n) is 7.33. The highest BCUT2D eigenvalue weighted by atomic mass is 19.1. The normalized spacial score (nSPS) is 10.2. The summed E-state index contributed by atoms with van der Waals surface area (Å²) in [6.07, 6.45) is 1.47. The number of amides is 1. The van der Waals surface area contributed by atoms with Crippen molar-refractivity contribution in [3.63, 3.8) is 0 Å². The predicted octanol–water partition coefficient (Wildman–Crippen LogP) is 4.15. The monoisotopic (exact) mass is 322 g/mol. The van der Waals surface area contributed by atoms with Crippen molar-refractivity contribution in [3.05, 3.63) is 78.2 Å². The molecule has 0 aliphatic heterocycles.